The Labute approximate surface area is 111 Å². The molecule has 2 rings (SSSR count). The second-order valence-corrected chi connectivity index (χ2v) is 4.24. The molecule has 1 aromatic carbocycles. The number of carbonyl (C=O) groups excluding carboxylic acids is 2. The van der Waals surface area contributed by atoms with Crippen LogP contribution >= 0.6 is 0 Å². The molecule has 0 N–H and O–H groups in total. The highest BCUT2D eigenvalue weighted by atomic mass is 16.5. The molecule has 0 saturated heterocycles. The molecule has 1 aromatic rings. The molecule has 1 aliphatic rings. The molecule has 0 saturated carbocycles. The Hall–Kier alpha value is -2.04. The van der Waals surface area contributed by atoms with Crippen molar-refractivity contribution in [3.63, 3.8) is 0 Å². The maximum absolute atomic E-state index is 12.0. The van der Waals surface area contributed by atoms with Crippen molar-refractivity contribution >= 4 is 11.8 Å². The quantitative estimate of drug-likeness (QED) is 0.778. The molecule has 1 aliphatic heterocycles. The third-order valence-electron chi connectivity index (χ3n) is 2.89. The van der Waals surface area contributed by atoms with Crippen LogP contribution in [0.15, 0.2) is 18.2 Å². The average molecular weight is 264 g/mol. The van der Waals surface area contributed by atoms with Gasteiger partial charge in [0.1, 0.15) is 17.6 Å². The molecule has 0 aromatic heterocycles. The molecule has 0 amide bonds. The minimum atomic E-state index is -0.451. The van der Waals surface area contributed by atoms with Gasteiger partial charge >= 0.3 is 5.97 Å². The summed E-state index contributed by atoms with van der Waals surface area (Å²) in [7, 11) is 1.54. The van der Waals surface area contributed by atoms with Gasteiger partial charge in [-0.05, 0) is 25.1 Å². The van der Waals surface area contributed by atoms with Crippen molar-refractivity contribution in [2.75, 3.05) is 13.7 Å². The summed E-state index contributed by atoms with van der Waals surface area (Å²) < 4.78 is 15.6. The van der Waals surface area contributed by atoms with Crippen LogP contribution in [0, 0.1) is 0 Å². The van der Waals surface area contributed by atoms with Crippen molar-refractivity contribution in [3.05, 3.63) is 23.8 Å². The van der Waals surface area contributed by atoms with E-state index in [9.17, 15) is 9.59 Å². The van der Waals surface area contributed by atoms with Crippen LogP contribution in [-0.4, -0.2) is 31.6 Å². The van der Waals surface area contributed by atoms with E-state index in [1.807, 2.05) is 0 Å². The Balaban J connectivity index is 2.11. The second-order valence-electron chi connectivity index (χ2n) is 4.24. The third kappa shape index (κ3) is 3.05. The number of fused-ring (bicyclic) bond motifs is 1. The number of rotatable bonds is 4. The highest BCUT2D eigenvalue weighted by Gasteiger charge is 2.28. The minimum absolute atomic E-state index is 0.0468. The predicted molar refractivity (Wildman–Crippen MR) is 67.6 cm³/mol. The average Bonchev–Trinajstić information content (AvgIpc) is 2.38. The number of hydrogen-bond donors (Lipinski definition) is 0. The first-order valence-corrected chi connectivity index (χ1v) is 6.17. The molecule has 1 heterocycles. The zero-order chi connectivity index (χ0) is 13.8. The molecule has 0 radical (unpaired) electrons. The first-order valence-electron chi connectivity index (χ1n) is 6.17. The number of esters is 1. The van der Waals surface area contributed by atoms with Crippen molar-refractivity contribution in [1.29, 1.82) is 0 Å². The van der Waals surface area contributed by atoms with Gasteiger partial charge in [-0.2, -0.15) is 0 Å². The highest BCUT2D eigenvalue weighted by Crippen LogP contribution is 2.31. The van der Waals surface area contributed by atoms with Gasteiger partial charge in [0.05, 0.1) is 25.7 Å². The Bertz CT molecular complexity index is 495. The van der Waals surface area contributed by atoms with Crippen molar-refractivity contribution in [3.8, 4) is 11.5 Å². The Morgan fingerprint density at radius 2 is 2.26 bits per heavy atom. The molecule has 5 heteroatoms. The lowest BCUT2D eigenvalue weighted by atomic mass is 9.99. The normalized spacial score (nSPS) is 17.4. The van der Waals surface area contributed by atoms with Crippen molar-refractivity contribution < 1.29 is 23.8 Å². The summed E-state index contributed by atoms with van der Waals surface area (Å²) in [4.78, 5) is 23.4. The van der Waals surface area contributed by atoms with Gasteiger partial charge in [0.25, 0.3) is 0 Å². The SMILES string of the molecule is CCOC(=O)CC1CC(=O)c2cc(OC)ccc2O1. The summed E-state index contributed by atoms with van der Waals surface area (Å²) in [6, 6.07) is 5.06. The number of ketones is 1. The molecule has 19 heavy (non-hydrogen) atoms. The van der Waals surface area contributed by atoms with E-state index in [0.717, 1.165) is 0 Å². The van der Waals surface area contributed by atoms with Crippen LogP contribution in [-0.2, 0) is 9.53 Å². The number of methoxy groups -OCH3 is 1. The van der Waals surface area contributed by atoms with Crippen LogP contribution in [0.5, 0.6) is 11.5 Å². The molecule has 0 aliphatic carbocycles. The summed E-state index contributed by atoms with van der Waals surface area (Å²) in [6.45, 7) is 2.07. The molecule has 1 atom stereocenters. The number of Topliss-reactive ketones (excluding diaryl/α,β-unsaturated/α-hetero) is 1. The largest absolute Gasteiger partial charge is 0.497 e. The van der Waals surface area contributed by atoms with E-state index in [2.05, 4.69) is 0 Å². The maximum Gasteiger partial charge on any atom is 0.309 e. The lowest BCUT2D eigenvalue weighted by Gasteiger charge is -2.24. The first kappa shape index (κ1) is 13.4. The fourth-order valence-corrected chi connectivity index (χ4v) is 2.01. The van der Waals surface area contributed by atoms with Gasteiger partial charge in [-0.3, -0.25) is 9.59 Å². The van der Waals surface area contributed by atoms with E-state index in [4.69, 9.17) is 14.2 Å². The summed E-state index contributed by atoms with van der Waals surface area (Å²) >= 11 is 0. The molecule has 0 fully saturated rings. The van der Waals surface area contributed by atoms with Gasteiger partial charge in [0.2, 0.25) is 0 Å². The van der Waals surface area contributed by atoms with Gasteiger partial charge in [0, 0.05) is 6.42 Å². The van der Waals surface area contributed by atoms with E-state index in [0.29, 0.717) is 23.7 Å². The molecule has 5 nitrogen and oxygen atoms in total. The van der Waals surface area contributed by atoms with Gasteiger partial charge in [-0.15, -0.1) is 0 Å². The minimum Gasteiger partial charge on any atom is -0.497 e. The second kappa shape index (κ2) is 5.73. The molecule has 0 bridgehead atoms. The van der Waals surface area contributed by atoms with Gasteiger partial charge in [-0.1, -0.05) is 0 Å². The van der Waals surface area contributed by atoms with Crippen LogP contribution < -0.4 is 9.47 Å². The Kier molecular flexibility index (Phi) is 4.04. The number of hydrogen-bond acceptors (Lipinski definition) is 5. The van der Waals surface area contributed by atoms with E-state index >= 15 is 0 Å². The highest BCUT2D eigenvalue weighted by molar-refractivity contribution is 6.00. The van der Waals surface area contributed by atoms with Gasteiger partial charge < -0.3 is 14.2 Å². The standard InChI is InChI=1S/C14H16O5/c1-3-18-14(16)8-10-7-12(15)11-6-9(17-2)4-5-13(11)19-10/h4-6,10H,3,7-8H2,1-2H3. The lowest BCUT2D eigenvalue weighted by molar-refractivity contribution is -0.144. The summed E-state index contributed by atoms with van der Waals surface area (Å²) in [5.41, 5.74) is 0.499. The van der Waals surface area contributed by atoms with Crippen LogP contribution in [0.1, 0.15) is 30.1 Å². The molecule has 0 spiro atoms. The Morgan fingerprint density at radius 3 is 2.95 bits per heavy atom. The van der Waals surface area contributed by atoms with Crippen molar-refractivity contribution in [1.82, 2.24) is 0 Å². The van der Waals surface area contributed by atoms with E-state index < -0.39 is 6.10 Å². The van der Waals surface area contributed by atoms with Crippen LogP contribution in [0.25, 0.3) is 0 Å². The van der Waals surface area contributed by atoms with Crippen LogP contribution in [0.2, 0.25) is 0 Å². The fourth-order valence-electron chi connectivity index (χ4n) is 2.01. The predicted octanol–water partition coefficient (Wildman–Crippen LogP) is 1.98. The monoisotopic (exact) mass is 264 g/mol. The maximum atomic E-state index is 12.0. The Morgan fingerprint density at radius 1 is 1.47 bits per heavy atom. The van der Waals surface area contributed by atoms with Crippen LogP contribution in [0.3, 0.4) is 0 Å². The van der Waals surface area contributed by atoms with Gasteiger partial charge in [0.15, 0.2) is 5.78 Å². The molecule has 1 unspecified atom stereocenters. The number of benzene rings is 1. The third-order valence-corrected chi connectivity index (χ3v) is 2.89. The molecule has 102 valence electrons. The number of ether oxygens (including phenoxy) is 3. The molecular weight excluding hydrogens is 248 g/mol. The van der Waals surface area contributed by atoms with Crippen LogP contribution in [0.4, 0.5) is 0 Å². The zero-order valence-corrected chi connectivity index (χ0v) is 11.0. The first-order chi connectivity index (χ1) is 9.13. The van der Waals surface area contributed by atoms with Crippen molar-refractivity contribution in [2.45, 2.75) is 25.9 Å². The zero-order valence-electron chi connectivity index (χ0n) is 11.0. The topological polar surface area (TPSA) is 61.8 Å². The number of carbonyl (C=O) groups is 2. The molecular formula is C14H16O5. The summed E-state index contributed by atoms with van der Waals surface area (Å²) in [5.74, 6) is 0.706. The van der Waals surface area contributed by atoms with Crippen molar-refractivity contribution in [2.24, 2.45) is 0 Å². The fraction of sp³-hybridized carbons (Fsp3) is 0.429. The summed E-state index contributed by atoms with van der Waals surface area (Å²) in [6.07, 6.45) is -0.184. The van der Waals surface area contributed by atoms with Gasteiger partial charge in [-0.25, -0.2) is 0 Å². The smallest absolute Gasteiger partial charge is 0.309 e. The van der Waals surface area contributed by atoms with E-state index in [-0.39, 0.29) is 24.6 Å². The van der Waals surface area contributed by atoms with E-state index in [1.54, 1.807) is 32.2 Å². The summed E-state index contributed by atoms with van der Waals surface area (Å²) in [5, 5.41) is 0. The lowest BCUT2D eigenvalue weighted by Crippen LogP contribution is -2.29. The van der Waals surface area contributed by atoms with E-state index in [1.165, 1.54) is 0 Å².